The van der Waals surface area contributed by atoms with Crippen molar-refractivity contribution in [2.75, 3.05) is 5.73 Å². The zero-order valence-corrected chi connectivity index (χ0v) is 13.0. The molecule has 0 amide bonds. The Labute approximate surface area is 120 Å². The van der Waals surface area contributed by atoms with Crippen molar-refractivity contribution in [3.63, 3.8) is 0 Å². The summed E-state index contributed by atoms with van der Waals surface area (Å²) in [7, 11) is -3.65. The molecule has 4 nitrogen and oxygen atoms in total. The molecule has 0 aromatic heterocycles. The van der Waals surface area contributed by atoms with E-state index in [1.807, 2.05) is 6.92 Å². The number of nitrogens with one attached hydrogen (secondary N) is 1. The van der Waals surface area contributed by atoms with Crippen LogP contribution in [0.25, 0.3) is 0 Å². The molecule has 1 aromatic rings. The first-order valence-corrected chi connectivity index (χ1v) is 8.17. The molecule has 0 spiro atoms. The fraction of sp³-hybridized carbons (Fsp3) is 0.455. The Morgan fingerprint density at radius 1 is 1.44 bits per heavy atom. The summed E-state index contributed by atoms with van der Waals surface area (Å²) in [5.74, 6) is 0. The lowest BCUT2D eigenvalue weighted by molar-refractivity contribution is 0.248. The molecule has 0 radical (unpaired) electrons. The lowest BCUT2D eigenvalue weighted by Gasteiger charge is -2.38. The van der Waals surface area contributed by atoms with Gasteiger partial charge in [0.2, 0.25) is 10.0 Å². The van der Waals surface area contributed by atoms with Crippen molar-refractivity contribution in [2.24, 2.45) is 0 Å². The highest BCUT2D eigenvalue weighted by Crippen LogP contribution is 2.36. The van der Waals surface area contributed by atoms with Gasteiger partial charge in [-0.15, -0.1) is 0 Å². The van der Waals surface area contributed by atoms with E-state index in [1.54, 1.807) is 6.07 Å². The predicted molar refractivity (Wildman–Crippen MR) is 76.1 cm³/mol. The molecule has 3 N–H and O–H groups in total. The van der Waals surface area contributed by atoms with Crippen molar-refractivity contribution in [3.8, 4) is 0 Å². The highest BCUT2D eigenvalue weighted by Gasteiger charge is 2.37. The normalized spacial score (nSPS) is 18.4. The van der Waals surface area contributed by atoms with Crippen LogP contribution >= 0.6 is 27.5 Å². The fourth-order valence-corrected chi connectivity index (χ4v) is 4.59. The van der Waals surface area contributed by atoms with Crippen LogP contribution < -0.4 is 10.5 Å². The van der Waals surface area contributed by atoms with E-state index >= 15 is 0 Å². The van der Waals surface area contributed by atoms with Crippen LogP contribution in [0.15, 0.2) is 21.5 Å². The molecule has 2 rings (SSSR count). The second-order valence-corrected chi connectivity index (χ2v) is 7.72. The average molecular weight is 354 g/mol. The number of nitrogens with two attached hydrogens (primary N) is 1. The second-order valence-electron chi connectivity index (χ2n) is 4.83. The summed E-state index contributed by atoms with van der Waals surface area (Å²) in [4.78, 5) is 0.0177. The highest BCUT2D eigenvalue weighted by molar-refractivity contribution is 9.10. The van der Waals surface area contributed by atoms with Crippen molar-refractivity contribution < 1.29 is 8.42 Å². The van der Waals surface area contributed by atoms with Crippen molar-refractivity contribution in [2.45, 2.75) is 36.6 Å². The molecule has 1 aliphatic rings. The van der Waals surface area contributed by atoms with Crippen LogP contribution in [0.2, 0.25) is 5.02 Å². The summed E-state index contributed by atoms with van der Waals surface area (Å²) in [6.07, 6.45) is 2.72. The Morgan fingerprint density at radius 2 is 2.06 bits per heavy atom. The topological polar surface area (TPSA) is 72.2 Å². The summed E-state index contributed by atoms with van der Waals surface area (Å²) in [6.45, 7) is 1.89. The molecular weight excluding hydrogens is 340 g/mol. The number of rotatable bonds is 3. The van der Waals surface area contributed by atoms with Gasteiger partial charge in [-0.25, -0.2) is 13.1 Å². The van der Waals surface area contributed by atoms with Gasteiger partial charge in [0.1, 0.15) is 4.90 Å². The van der Waals surface area contributed by atoms with Crippen molar-refractivity contribution in [1.29, 1.82) is 0 Å². The van der Waals surface area contributed by atoms with Gasteiger partial charge in [-0.3, -0.25) is 0 Å². The van der Waals surface area contributed by atoms with Crippen LogP contribution in [0.1, 0.15) is 26.2 Å². The third kappa shape index (κ3) is 2.66. The molecule has 0 unspecified atom stereocenters. The summed E-state index contributed by atoms with van der Waals surface area (Å²) in [5.41, 5.74) is 5.64. The lowest BCUT2D eigenvalue weighted by atomic mass is 9.80. The Balaban J connectivity index is 2.41. The number of nitrogen functional groups attached to an aromatic ring is 1. The lowest BCUT2D eigenvalue weighted by Crippen LogP contribution is -2.50. The highest BCUT2D eigenvalue weighted by atomic mass is 79.9. The molecule has 7 heteroatoms. The van der Waals surface area contributed by atoms with Crippen LogP contribution in [0, 0.1) is 0 Å². The first-order valence-electron chi connectivity index (χ1n) is 5.52. The minimum absolute atomic E-state index is 0.0177. The molecule has 1 fully saturated rings. The largest absolute Gasteiger partial charge is 0.399 e. The average Bonchev–Trinajstić information content (AvgIpc) is 2.20. The van der Waals surface area contributed by atoms with Crippen molar-refractivity contribution in [1.82, 2.24) is 4.72 Å². The molecule has 1 saturated carbocycles. The van der Waals surface area contributed by atoms with Crippen LogP contribution in [-0.4, -0.2) is 14.0 Å². The molecule has 1 aliphatic carbocycles. The van der Waals surface area contributed by atoms with Crippen molar-refractivity contribution >= 4 is 43.2 Å². The summed E-state index contributed by atoms with van der Waals surface area (Å²) in [5, 5.41) is 0.152. The van der Waals surface area contributed by atoms with E-state index in [1.165, 1.54) is 6.07 Å². The van der Waals surface area contributed by atoms with Crippen LogP contribution in [0.5, 0.6) is 0 Å². The third-order valence-electron chi connectivity index (χ3n) is 3.14. The van der Waals surface area contributed by atoms with Gasteiger partial charge in [0.15, 0.2) is 0 Å². The number of sulfonamides is 1. The Hall–Kier alpha value is -0.300. The summed E-state index contributed by atoms with van der Waals surface area (Å²) in [6, 6.07) is 2.95. The number of halogens is 2. The first kappa shape index (κ1) is 14.1. The van der Waals surface area contributed by atoms with E-state index in [9.17, 15) is 8.42 Å². The molecule has 0 aliphatic heterocycles. The monoisotopic (exact) mass is 352 g/mol. The molecule has 0 bridgehead atoms. The number of anilines is 1. The van der Waals surface area contributed by atoms with Gasteiger partial charge in [0.05, 0.1) is 5.02 Å². The maximum atomic E-state index is 12.3. The zero-order chi connectivity index (χ0) is 13.6. The molecule has 0 atom stereocenters. The predicted octanol–water partition coefficient (Wildman–Crippen LogP) is 2.91. The minimum Gasteiger partial charge on any atom is -0.399 e. The fourth-order valence-electron chi connectivity index (χ4n) is 1.97. The molecular formula is C11H14BrClN2O2S. The van der Waals surface area contributed by atoms with Crippen LogP contribution in [0.4, 0.5) is 5.69 Å². The summed E-state index contributed by atoms with van der Waals surface area (Å²) < 4.78 is 27.8. The van der Waals surface area contributed by atoms with E-state index in [-0.39, 0.29) is 15.5 Å². The minimum atomic E-state index is -3.65. The number of hydrogen-bond donors (Lipinski definition) is 2. The second kappa shape index (κ2) is 4.67. The van der Waals surface area contributed by atoms with Crippen molar-refractivity contribution in [3.05, 3.63) is 21.6 Å². The van der Waals surface area contributed by atoms with Gasteiger partial charge in [0.25, 0.3) is 0 Å². The van der Waals surface area contributed by atoms with Gasteiger partial charge in [-0.05, 0) is 54.2 Å². The van der Waals surface area contributed by atoms with E-state index in [2.05, 4.69) is 20.7 Å². The van der Waals surface area contributed by atoms with E-state index in [0.717, 1.165) is 19.3 Å². The molecule has 0 heterocycles. The number of benzene rings is 1. The van der Waals surface area contributed by atoms with Gasteiger partial charge >= 0.3 is 0 Å². The molecule has 100 valence electrons. The molecule has 0 saturated heterocycles. The maximum Gasteiger partial charge on any atom is 0.242 e. The number of hydrogen-bond acceptors (Lipinski definition) is 3. The quantitative estimate of drug-likeness (QED) is 0.821. The van der Waals surface area contributed by atoms with E-state index in [0.29, 0.717) is 10.2 Å². The first-order chi connectivity index (χ1) is 8.23. The van der Waals surface area contributed by atoms with Gasteiger partial charge in [-0.1, -0.05) is 11.6 Å². The van der Waals surface area contributed by atoms with Crippen LogP contribution in [0.3, 0.4) is 0 Å². The van der Waals surface area contributed by atoms with Crippen LogP contribution in [-0.2, 0) is 10.0 Å². The Morgan fingerprint density at radius 3 is 2.56 bits per heavy atom. The van der Waals surface area contributed by atoms with E-state index in [4.69, 9.17) is 17.3 Å². The maximum absolute atomic E-state index is 12.3. The summed E-state index contributed by atoms with van der Waals surface area (Å²) >= 11 is 9.21. The van der Waals surface area contributed by atoms with Gasteiger partial charge < -0.3 is 5.73 Å². The Bertz CT molecular complexity index is 585. The smallest absolute Gasteiger partial charge is 0.242 e. The van der Waals surface area contributed by atoms with Gasteiger partial charge in [-0.2, -0.15) is 0 Å². The molecule has 18 heavy (non-hydrogen) atoms. The third-order valence-corrected chi connectivity index (χ3v) is 6.18. The van der Waals surface area contributed by atoms with E-state index < -0.39 is 10.0 Å². The van der Waals surface area contributed by atoms with Gasteiger partial charge in [0, 0.05) is 15.7 Å². The Kier molecular flexibility index (Phi) is 3.66. The SMILES string of the molecule is CC1(NS(=O)(=O)c2cc(N)cc(Br)c2Cl)CCC1. The standard InChI is InChI=1S/C11H14BrClN2O2S/c1-11(3-2-4-11)15-18(16,17)9-6-7(14)5-8(12)10(9)13/h5-6,15H,2-4,14H2,1H3. The zero-order valence-electron chi connectivity index (χ0n) is 9.83. The molecule has 1 aromatic carbocycles.